The van der Waals surface area contributed by atoms with Crippen molar-refractivity contribution < 1.29 is 34.9 Å². The SMILES string of the molecule is O=S(c1ccccc1)C(F)(F)C(F)(F)C(F)(F)F. The predicted octanol–water partition coefficient (Wildman–Crippen LogP) is 3.58. The third-order valence-electron chi connectivity index (χ3n) is 1.91. The van der Waals surface area contributed by atoms with Gasteiger partial charge in [-0.05, 0) is 12.1 Å². The summed E-state index contributed by atoms with van der Waals surface area (Å²) in [4.78, 5) is -0.813. The Bertz CT molecular complexity index is 440. The molecule has 0 aromatic heterocycles. The van der Waals surface area contributed by atoms with Crippen LogP contribution in [0.3, 0.4) is 0 Å². The molecular formula is C9H5F7OS. The molecule has 102 valence electrons. The van der Waals surface area contributed by atoms with Crippen LogP contribution >= 0.6 is 0 Å². The highest BCUT2D eigenvalue weighted by Gasteiger charge is 2.75. The van der Waals surface area contributed by atoms with Crippen molar-refractivity contribution >= 4 is 10.8 Å². The molecule has 0 N–H and O–H groups in total. The molecule has 0 aliphatic rings. The lowest BCUT2D eigenvalue weighted by Gasteiger charge is -2.27. The number of alkyl halides is 7. The highest BCUT2D eigenvalue weighted by Crippen LogP contribution is 2.49. The first-order valence-electron chi connectivity index (χ1n) is 4.31. The van der Waals surface area contributed by atoms with Crippen LogP contribution in [0.25, 0.3) is 0 Å². The van der Waals surface area contributed by atoms with Crippen molar-refractivity contribution in [1.29, 1.82) is 0 Å². The lowest BCUT2D eigenvalue weighted by molar-refractivity contribution is -0.331. The summed E-state index contributed by atoms with van der Waals surface area (Å²) < 4.78 is 97.8. The number of halogens is 7. The van der Waals surface area contributed by atoms with E-state index in [1.54, 1.807) is 0 Å². The molecule has 0 aliphatic heterocycles. The Hall–Kier alpha value is -1.12. The predicted molar refractivity (Wildman–Crippen MR) is 48.8 cm³/mol. The minimum absolute atomic E-state index is 0.774. The monoisotopic (exact) mass is 294 g/mol. The zero-order chi connectivity index (χ0) is 14.2. The maximum atomic E-state index is 13.0. The van der Waals surface area contributed by atoms with Crippen LogP contribution in [0.2, 0.25) is 0 Å². The van der Waals surface area contributed by atoms with Gasteiger partial charge in [0.1, 0.15) is 10.8 Å². The Morgan fingerprint density at radius 1 is 0.833 bits per heavy atom. The summed E-state index contributed by atoms with van der Waals surface area (Å²) in [5.74, 6) is -6.37. The number of rotatable bonds is 3. The zero-order valence-corrected chi connectivity index (χ0v) is 9.17. The van der Waals surface area contributed by atoms with Crippen LogP contribution in [0.4, 0.5) is 30.7 Å². The fourth-order valence-electron chi connectivity index (χ4n) is 0.974. The standard InChI is InChI=1S/C9H5F7OS/c10-7(11,8(12,13)14)9(15,16)18(17)6-4-2-1-3-5-6/h1-5H. The van der Waals surface area contributed by atoms with E-state index in [-0.39, 0.29) is 0 Å². The third-order valence-corrected chi connectivity index (χ3v) is 3.33. The summed E-state index contributed by atoms with van der Waals surface area (Å²) in [6.07, 6.45) is -6.49. The van der Waals surface area contributed by atoms with Crippen molar-refractivity contribution in [2.24, 2.45) is 0 Å². The van der Waals surface area contributed by atoms with Crippen LogP contribution in [-0.2, 0) is 10.8 Å². The topological polar surface area (TPSA) is 17.1 Å². The molecule has 0 aliphatic carbocycles. The summed E-state index contributed by atoms with van der Waals surface area (Å²) in [5.41, 5.74) is 0. The molecule has 0 heterocycles. The molecular weight excluding hydrogens is 289 g/mol. The normalized spacial score (nSPS) is 15.5. The molecule has 0 fully saturated rings. The van der Waals surface area contributed by atoms with E-state index in [0.717, 1.165) is 24.3 Å². The van der Waals surface area contributed by atoms with Gasteiger partial charge in [-0.3, -0.25) is 0 Å². The van der Waals surface area contributed by atoms with E-state index in [2.05, 4.69) is 0 Å². The quantitative estimate of drug-likeness (QED) is 0.779. The molecule has 1 aromatic rings. The smallest absolute Gasteiger partial charge is 0.248 e. The van der Waals surface area contributed by atoms with Gasteiger partial charge in [-0.25, -0.2) is 4.21 Å². The van der Waals surface area contributed by atoms with Gasteiger partial charge < -0.3 is 0 Å². The van der Waals surface area contributed by atoms with E-state index >= 15 is 0 Å². The summed E-state index contributed by atoms with van der Waals surface area (Å²) in [6.45, 7) is 0. The summed E-state index contributed by atoms with van der Waals surface area (Å²) in [6, 6.07) is 5.04. The van der Waals surface area contributed by atoms with Gasteiger partial charge in [0.25, 0.3) is 0 Å². The maximum Gasteiger partial charge on any atom is 0.461 e. The van der Waals surface area contributed by atoms with Gasteiger partial charge in [0.05, 0.1) is 0 Å². The second-order valence-corrected chi connectivity index (χ2v) is 4.69. The van der Waals surface area contributed by atoms with Gasteiger partial charge in [0.2, 0.25) is 0 Å². The molecule has 1 nitrogen and oxygen atoms in total. The maximum absolute atomic E-state index is 13.0. The second kappa shape index (κ2) is 4.52. The lowest BCUT2D eigenvalue weighted by atomic mass is 10.3. The largest absolute Gasteiger partial charge is 0.461 e. The van der Waals surface area contributed by atoms with Gasteiger partial charge in [-0.1, -0.05) is 18.2 Å². The number of hydrogen-bond donors (Lipinski definition) is 0. The molecule has 1 unspecified atom stereocenters. The van der Waals surface area contributed by atoms with Crippen molar-refractivity contribution in [2.75, 3.05) is 0 Å². The molecule has 0 bridgehead atoms. The molecule has 1 atom stereocenters. The Balaban J connectivity index is 3.19. The highest BCUT2D eigenvalue weighted by atomic mass is 32.2. The van der Waals surface area contributed by atoms with E-state index in [0.29, 0.717) is 0 Å². The number of hydrogen-bond acceptors (Lipinski definition) is 1. The summed E-state index contributed by atoms with van der Waals surface area (Å²) >= 11 is 0. The van der Waals surface area contributed by atoms with Gasteiger partial charge in [0, 0.05) is 4.90 Å². The van der Waals surface area contributed by atoms with E-state index in [4.69, 9.17) is 0 Å². The molecule has 0 amide bonds. The van der Waals surface area contributed by atoms with Gasteiger partial charge in [-0.15, -0.1) is 0 Å². The molecule has 9 heteroatoms. The van der Waals surface area contributed by atoms with Gasteiger partial charge in [-0.2, -0.15) is 30.7 Å². The summed E-state index contributed by atoms with van der Waals surface area (Å²) in [5, 5.41) is -5.74. The van der Waals surface area contributed by atoms with Crippen molar-refractivity contribution in [3.8, 4) is 0 Å². The van der Waals surface area contributed by atoms with Gasteiger partial charge in [0.15, 0.2) is 0 Å². The van der Waals surface area contributed by atoms with Crippen LogP contribution in [0, 0.1) is 0 Å². The van der Waals surface area contributed by atoms with Crippen molar-refractivity contribution in [1.82, 2.24) is 0 Å². The van der Waals surface area contributed by atoms with E-state index in [1.807, 2.05) is 0 Å². The Morgan fingerprint density at radius 3 is 1.67 bits per heavy atom. The number of benzene rings is 1. The molecule has 1 aromatic carbocycles. The molecule has 18 heavy (non-hydrogen) atoms. The second-order valence-electron chi connectivity index (χ2n) is 3.17. The van der Waals surface area contributed by atoms with E-state index in [1.165, 1.54) is 6.07 Å². The summed E-state index contributed by atoms with van der Waals surface area (Å²) in [7, 11) is -3.81. The zero-order valence-electron chi connectivity index (χ0n) is 8.35. The van der Waals surface area contributed by atoms with Crippen molar-refractivity contribution in [3.05, 3.63) is 30.3 Å². The van der Waals surface area contributed by atoms with Crippen LogP contribution in [-0.4, -0.2) is 21.6 Å². The average Bonchev–Trinajstić information content (AvgIpc) is 2.27. The fourth-order valence-corrected chi connectivity index (χ4v) is 2.02. The lowest BCUT2D eigenvalue weighted by Crippen LogP contribution is -2.54. The Morgan fingerprint density at radius 2 is 1.28 bits per heavy atom. The minimum Gasteiger partial charge on any atom is -0.248 e. The van der Waals surface area contributed by atoms with Crippen LogP contribution < -0.4 is 0 Å². The van der Waals surface area contributed by atoms with Gasteiger partial charge >= 0.3 is 17.4 Å². The van der Waals surface area contributed by atoms with Crippen LogP contribution in [0.5, 0.6) is 0 Å². The first kappa shape index (κ1) is 14.9. The molecule has 0 saturated carbocycles. The first-order valence-corrected chi connectivity index (χ1v) is 5.46. The van der Waals surface area contributed by atoms with Crippen LogP contribution in [0.1, 0.15) is 0 Å². The average molecular weight is 294 g/mol. The molecule has 1 rings (SSSR count). The fraction of sp³-hybridized carbons (Fsp3) is 0.333. The highest BCUT2D eigenvalue weighted by molar-refractivity contribution is 7.86. The van der Waals surface area contributed by atoms with E-state index < -0.39 is 33.0 Å². The first-order chi connectivity index (χ1) is 8.02. The molecule has 0 saturated heterocycles. The third kappa shape index (κ3) is 2.36. The van der Waals surface area contributed by atoms with Crippen molar-refractivity contribution in [2.45, 2.75) is 22.2 Å². The Kier molecular flexibility index (Phi) is 3.75. The van der Waals surface area contributed by atoms with Crippen LogP contribution in [0.15, 0.2) is 35.2 Å². The van der Waals surface area contributed by atoms with E-state index in [9.17, 15) is 34.9 Å². The molecule has 0 spiro atoms. The molecule has 0 radical (unpaired) electrons. The Labute approximate surface area is 99.1 Å². The minimum atomic E-state index is -6.49. The van der Waals surface area contributed by atoms with Crippen molar-refractivity contribution in [3.63, 3.8) is 0 Å².